The molecular weight excluding hydrogens is 342 g/mol. The first-order valence-electron chi connectivity index (χ1n) is 9.94. The summed E-state index contributed by atoms with van der Waals surface area (Å²) >= 11 is 0. The van der Waals surface area contributed by atoms with Crippen molar-refractivity contribution in [3.63, 3.8) is 0 Å². The van der Waals surface area contributed by atoms with Gasteiger partial charge in [-0.1, -0.05) is 71.8 Å². The maximum absolute atomic E-state index is 4.22. The van der Waals surface area contributed by atoms with Gasteiger partial charge in [0, 0.05) is 11.1 Å². The minimum atomic E-state index is -2.33. The summed E-state index contributed by atoms with van der Waals surface area (Å²) in [5.41, 5.74) is 6.45. The third-order valence-electron chi connectivity index (χ3n) is 6.07. The third-order valence-corrected chi connectivity index (χ3v) is 11.4. The Morgan fingerprint density at radius 1 is 0.667 bits per heavy atom. The molecule has 0 saturated heterocycles. The minimum absolute atomic E-state index is 0.0167. The maximum Gasteiger partial charge on any atom is 0.201 e. The van der Waals surface area contributed by atoms with Crippen LogP contribution in [-0.4, -0.2) is 13.8 Å². The summed E-state index contributed by atoms with van der Waals surface area (Å²) in [5, 5.41) is 2.91. The second kappa shape index (κ2) is 7.25. The van der Waals surface area contributed by atoms with Crippen molar-refractivity contribution in [1.29, 1.82) is 0 Å². The van der Waals surface area contributed by atoms with Crippen molar-refractivity contribution < 1.29 is 0 Å². The van der Waals surface area contributed by atoms with Gasteiger partial charge in [-0.3, -0.25) is 0 Å². The van der Waals surface area contributed by atoms with Gasteiger partial charge in [0.25, 0.3) is 0 Å². The molecule has 2 heteroatoms. The quantitative estimate of drug-likeness (QED) is 0.725. The fourth-order valence-electron chi connectivity index (χ4n) is 4.71. The Morgan fingerprint density at radius 3 is 1.37 bits per heavy atom. The van der Waals surface area contributed by atoms with Crippen LogP contribution in [0.15, 0.2) is 83.0 Å². The lowest BCUT2D eigenvalue weighted by Gasteiger charge is -2.45. The second-order valence-electron chi connectivity index (χ2n) is 8.96. The van der Waals surface area contributed by atoms with Gasteiger partial charge in [0.2, 0.25) is 8.24 Å². The highest BCUT2D eigenvalue weighted by Gasteiger charge is 2.50. The molecule has 3 rings (SSSR count). The molecule has 0 atom stereocenters. The average Bonchev–Trinajstić information content (AvgIpc) is 2.84. The Hall–Kier alpha value is -1.90. The predicted octanol–water partition coefficient (Wildman–Crippen LogP) is 5.19. The van der Waals surface area contributed by atoms with Crippen LogP contribution in [0.5, 0.6) is 0 Å². The summed E-state index contributed by atoms with van der Waals surface area (Å²) in [6.45, 7) is 16.2. The monoisotopic (exact) mass is 375 g/mol. The zero-order valence-corrected chi connectivity index (χ0v) is 18.9. The molecule has 2 aromatic carbocycles. The highest BCUT2D eigenvalue weighted by molar-refractivity contribution is 7.02. The van der Waals surface area contributed by atoms with Gasteiger partial charge < -0.3 is 4.98 Å². The Kier molecular flexibility index (Phi) is 5.33. The molecule has 1 aliphatic carbocycles. The maximum atomic E-state index is 4.22. The first-order valence-corrected chi connectivity index (χ1v) is 12.0. The van der Waals surface area contributed by atoms with Gasteiger partial charge in [-0.25, -0.2) is 0 Å². The van der Waals surface area contributed by atoms with Crippen LogP contribution in [0.4, 0.5) is 0 Å². The van der Waals surface area contributed by atoms with Gasteiger partial charge in [0.1, 0.15) is 0 Å². The molecule has 0 amide bonds. The molecule has 2 aromatic rings. The zero-order valence-electron chi connectivity index (χ0n) is 17.9. The normalized spacial score (nSPS) is 16.4. The van der Waals surface area contributed by atoms with E-state index in [0.717, 1.165) is 0 Å². The van der Waals surface area contributed by atoms with Crippen LogP contribution >= 0.6 is 0 Å². The van der Waals surface area contributed by atoms with Gasteiger partial charge >= 0.3 is 0 Å². The van der Waals surface area contributed by atoms with E-state index in [0.29, 0.717) is 5.54 Å². The van der Waals surface area contributed by atoms with Crippen LogP contribution < -0.4 is 15.4 Å². The number of allylic oxidation sites excluding steroid dienone is 4. The van der Waals surface area contributed by atoms with Crippen LogP contribution in [0, 0.1) is 0 Å². The number of hydrogen-bond acceptors (Lipinski definition) is 1. The molecule has 0 fully saturated rings. The summed E-state index contributed by atoms with van der Waals surface area (Å²) < 4.78 is 0. The molecule has 0 heterocycles. The van der Waals surface area contributed by atoms with Crippen LogP contribution in [0.2, 0.25) is 5.54 Å². The van der Waals surface area contributed by atoms with Gasteiger partial charge in [-0.15, -0.1) is 0 Å². The SMILES string of the molecule is CC1=C(C)C([Si](NC(C)(C)C)(c2ccccc2)c2ccccc2)C(C)=C1C. The zero-order chi connectivity index (χ0) is 19.8. The predicted molar refractivity (Wildman–Crippen MR) is 121 cm³/mol. The number of nitrogens with one attached hydrogen (secondary N) is 1. The molecule has 0 unspecified atom stereocenters. The standard InChI is InChI=1S/C25H33NSi/c1-18-19(2)21(4)24(20(18)3)27(26-25(5,6)7,22-14-10-8-11-15-22)23-16-12-9-13-17-23/h8-17,24,26H,1-7H3. The van der Waals surface area contributed by atoms with Gasteiger partial charge in [0.05, 0.1) is 0 Å². The van der Waals surface area contributed by atoms with Crippen molar-refractivity contribution in [3.8, 4) is 0 Å². The number of hydrogen-bond donors (Lipinski definition) is 1. The Balaban J connectivity index is 2.38. The van der Waals surface area contributed by atoms with E-state index < -0.39 is 8.24 Å². The summed E-state index contributed by atoms with van der Waals surface area (Å²) in [5.74, 6) is 0. The molecule has 0 aliphatic heterocycles. The Morgan fingerprint density at radius 2 is 1.04 bits per heavy atom. The first-order chi connectivity index (χ1) is 12.7. The smallest absolute Gasteiger partial charge is 0.201 e. The number of rotatable bonds is 4. The molecule has 0 radical (unpaired) electrons. The van der Waals surface area contributed by atoms with E-state index in [1.54, 1.807) is 0 Å². The molecular formula is C25H33NSi. The lowest BCUT2D eigenvalue weighted by molar-refractivity contribution is 0.513. The Bertz CT molecular complexity index is 806. The molecule has 142 valence electrons. The fourth-order valence-corrected chi connectivity index (χ4v) is 10.5. The van der Waals surface area contributed by atoms with E-state index >= 15 is 0 Å². The molecule has 1 aliphatic rings. The highest BCUT2D eigenvalue weighted by Crippen LogP contribution is 2.46. The topological polar surface area (TPSA) is 12.0 Å². The van der Waals surface area contributed by atoms with E-state index in [1.807, 2.05) is 0 Å². The average molecular weight is 376 g/mol. The fraction of sp³-hybridized carbons (Fsp3) is 0.360. The third kappa shape index (κ3) is 3.49. The van der Waals surface area contributed by atoms with Crippen LogP contribution in [0.1, 0.15) is 48.5 Å². The molecule has 0 spiro atoms. The van der Waals surface area contributed by atoms with Crippen molar-refractivity contribution in [2.45, 2.75) is 59.5 Å². The molecule has 0 aromatic heterocycles. The van der Waals surface area contributed by atoms with Gasteiger partial charge in [-0.2, -0.15) is 0 Å². The van der Waals surface area contributed by atoms with Crippen molar-refractivity contribution in [2.75, 3.05) is 0 Å². The minimum Gasteiger partial charge on any atom is -0.325 e. The van der Waals surface area contributed by atoms with Crippen LogP contribution in [0.3, 0.4) is 0 Å². The first kappa shape index (κ1) is 19.8. The van der Waals surface area contributed by atoms with E-state index in [2.05, 4.69) is 114 Å². The van der Waals surface area contributed by atoms with Gasteiger partial charge in [0.15, 0.2) is 0 Å². The highest BCUT2D eigenvalue weighted by atomic mass is 28.3. The summed E-state index contributed by atoms with van der Waals surface area (Å²) in [7, 11) is -2.33. The lowest BCUT2D eigenvalue weighted by atomic mass is 10.1. The Labute approximate surface area is 166 Å². The van der Waals surface area contributed by atoms with E-state index in [9.17, 15) is 0 Å². The van der Waals surface area contributed by atoms with Crippen molar-refractivity contribution in [1.82, 2.24) is 4.98 Å². The molecule has 1 N–H and O–H groups in total. The second-order valence-corrected chi connectivity index (χ2v) is 12.6. The van der Waals surface area contributed by atoms with Crippen LogP contribution in [-0.2, 0) is 0 Å². The van der Waals surface area contributed by atoms with E-state index in [1.165, 1.54) is 32.7 Å². The van der Waals surface area contributed by atoms with Crippen molar-refractivity contribution in [2.24, 2.45) is 0 Å². The molecule has 27 heavy (non-hydrogen) atoms. The van der Waals surface area contributed by atoms with E-state index in [4.69, 9.17) is 0 Å². The molecule has 0 bridgehead atoms. The largest absolute Gasteiger partial charge is 0.325 e. The van der Waals surface area contributed by atoms with E-state index in [-0.39, 0.29) is 5.54 Å². The van der Waals surface area contributed by atoms with Crippen molar-refractivity contribution >= 4 is 18.6 Å². The van der Waals surface area contributed by atoms with Gasteiger partial charge in [-0.05, 0) is 70.0 Å². The molecule has 0 saturated carbocycles. The van der Waals surface area contributed by atoms with Crippen LogP contribution in [0.25, 0.3) is 0 Å². The number of benzene rings is 2. The summed E-state index contributed by atoms with van der Waals surface area (Å²) in [4.78, 5) is 4.22. The summed E-state index contributed by atoms with van der Waals surface area (Å²) in [6, 6.07) is 22.4. The summed E-state index contributed by atoms with van der Waals surface area (Å²) in [6.07, 6.45) is 0. The lowest BCUT2D eigenvalue weighted by Crippen LogP contribution is -2.75. The molecule has 1 nitrogen and oxygen atoms in total. The van der Waals surface area contributed by atoms with Crippen molar-refractivity contribution in [3.05, 3.63) is 83.0 Å².